The first-order valence-electron chi connectivity index (χ1n) is 11.1. The number of aromatic nitrogens is 3. The molecule has 34 heavy (non-hydrogen) atoms. The van der Waals surface area contributed by atoms with Crippen molar-refractivity contribution >= 4 is 23.2 Å². The molecule has 0 aliphatic heterocycles. The lowest BCUT2D eigenvalue weighted by Crippen LogP contribution is -2.24. The first kappa shape index (κ1) is 26.3. The second-order valence-corrected chi connectivity index (χ2v) is 9.61. The number of nitrogens with zero attached hydrogens (tertiary/aromatic N) is 3. The molecule has 0 aliphatic rings. The molecule has 0 bridgehead atoms. The quantitative estimate of drug-likeness (QED) is 0.330. The smallest absolute Gasteiger partial charge is 0.137 e. The van der Waals surface area contributed by atoms with Crippen LogP contribution in [-0.4, -0.2) is 45.3 Å². The van der Waals surface area contributed by atoms with E-state index in [2.05, 4.69) is 24.2 Å². The van der Waals surface area contributed by atoms with Crippen molar-refractivity contribution in [3.63, 3.8) is 0 Å². The van der Waals surface area contributed by atoms with Crippen LogP contribution in [0.15, 0.2) is 48.7 Å². The minimum atomic E-state index is -0.805. The Kier molecular flexibility index (Phi) is 9.17. The Morgan fingerprint density at radius 3 is 2.41 bits per heavy atom. The maximum atomic E-state index is 12.6. The largest absolute Gasteiger partial charge is 0.492 e. The van der Waals surface area contributed by atoms with Gasteiger partial charge in [-0.2, -0.15) is 0 Å². The number of hydrogen-bond donors (Lipinski definition) is 1. The third-order valence-electron chi connectivity index (χ3n) is 5.58. The van der Waals surface area contributed by atoms with Crippen molar-refractivity contribution in [3.05, 3.63) is 70.5 Å². The molecule has 0 spiro atoms. The van der Waals surface area contributed by atoms with Crippen molar-refractivity contribution in [1.29, 1.82) is 0 Å². The number of aliphatic hydroxyl groups is 1. The van der Waals surface area contributed by atoms with Gasteiger partial charge in [-0.1, -0.05) is 55.8 Å². The number of benzene rings is 2. The monoisotopic (exact) mass is 508 g/mol. The third kappa shape index (κ3) is 6.84. The Labute approximate surface area is 209 Å². The number of halogens is 3. The van der Waals surface area contributed by atoms with Crippen LogP contribution in [0.2, 0.25) is 5.02 Å². The minimum absolute atomic E-state index is 0.0764. The lowest BCUT2D eigenvalue weighted by molar-refractivity contribution is 0.0888. The van der Waals surface area contributed by atoms with E-state index < -0.39 is 12.8 Å². The minimum Gasteiger partial charge on any atom is -0.492 e. The summed E-state index contributed by atoms with van der Waals surface area (Å²) in [6.45, 7) is 6.34. The summed E-state index contributed by atoms with van der Waals surface area (Å²) in [6, 6.07) is 13.6. The van der Waals surface area contributed by atoms with Crippen molar-refractivity contribution in [1.82, 2.24) is 15.0 Å². The Hall–Kier alpha value is -2.35. The van der Waals surface area contributed by atoms with Gasteiger partial charge >= 0.3 is 0 Å². The third-order valence-corrected chi connectivity index (χ3v) is 6.40. The van der Waals surface area contributed by atoms with E-state index >= 15 is 0 Å². The summed E-state index contributed by atoms with van der Waals surface area (Å²) in [4.78, 5) is 0. The van der Waals surface area contributed by atoms with E-state index in [0.29, 0.717) is 29.0 Å². The summed E-state index contributed by atoms with van der Waals surface area (Å²) in [6.07, 6.45) is 0.659. The molecule has 0 saturated heterocycles. The molecule has 9 heteroatoms. The first-order chi connectivity index (χ1) is 16.2. The second kappa shape index (κ2) is 11.9. The fourth-order valence-electron chi connectivity index (χ4n) is 3.37. The fraction of sp³-hybridized carbons (Fsp3) is 0.440. The molecule has 0 saturated carbocycles. The van der Waals surface area contributed by atoms with Crippen molar-refractivity contribution in [2.45, 2.75) is 45.5 Å². The molecular weight excluding hydrogens is 479 g/mol. The van der Waals surface area contributed by atoms with Gasteiger partial charge in [0, 0.05) is 17.2 Å². The van der Waals surface area contributed by atoms with Crippen LogP contribution in [0.25, 0.3) is 0 Å². The summed E-state index contributed by atoms with van der Waals surface area (Å²) < 4.78 is 25.5. The van der Waals surface area contributed by atoms with Crippen LogP contribution in [-0.2, 0) is 18.6 Å². The maximum absolute atomic E-state index is 12.6. The van der Waals surface area contributed by atoms with Gasteiger partial charge < -0.3 is 14.6 Å². The Morgan fingerprint density at radius 2 is 1.79 bits per heavy atom. The van der Waals surface area contributed by atoms with Crippen molar-refractivity contribution in [2.24, 2.45) is 5.92 Å². The van der Waals surface area contributed by atoms with E-state index in [-0.39, 0.29) is 30.2 Å². The van der Waals surface area contributed by atoms with Crippen LogP contribution in [0.4, 0.5) is 4.39 Å². The topological polar surface area (TPSA) is 69.4 Å². The standard InChI is InChI=1S/C25H30Cl2FN3O3/c1-17(11-26)15-34-24-9-6-19(10-23(24)27)25(2,3)18-4-7-22(8-5-18)33-16-21(32)14-31-13-20(12-28)29-30-31/h4-10,13,17,21,32H,11-12,14-16H2,1-3H3/i28-1. The number of aliphatic hydroxyl groups excluding tert-OH is 1. The van der Waals surface area contributed by atoms with E-state index in [1.165, 1.54) is 10.9 Å². The predicted molar refractivity (Wildman–Crippen MR) is 132 cm³/mol. The van der Waals surface area contributed by atoms with Crippen molar-refractivity contribution in [3.8, 4) is 11.5 Å². The molecule has 0 radical (unpaired) electrons. The normalized spacial score (nSPS) is 13.5. The van der Waals surface area contributed by atoms with Crippen LogP contribution in [0.3, 0.4) is 0 Å². The van der Waals surface area contributed by atoms with E-state index in [0.717, 1.165) is 11.1 Å². The summed E-state index contributed by atoms with van der Waals surface area (Å²) in [5.74, 6) is 2.06. The number of rotatable bonds is 12. The Bertz CT molecular complexity index is 1060. The van der Waals surface area contributed by atoms with E-state index in [1.54, 1.807) is 0 Å². The van der Waals surface area contributed by atoms with Gasteiger partial charge in [0.2, 0.25) is 0 Å². The Morgan fingerprint density at radius 1 is 1.09 bits per heavy atom. The molecule has 2 unspecified atom stereocenters. The molecular formula is C25H30Cl2FN3O3. The highest BCUT2D eigenvalue weighted by atomic mass is 35.5. The zero-order valence-corrected chi connectivity index (χ0v) is 21.1. The highest BCUT2D eigenvalue weighted by Gasteiger charge is 2.24. The molecule has 2 atom stereocenters. The number of alkyl halides is 2. The van der Waals surface area contributed by atoms with Crippen molar-refractivity contribution in [2.75, 3.05) is 19.1 Å². The maximum Gasteiger partial charge on any atom is 0.137 e. The predicted octanol–water partition coefficient (Wildman–Crippen LogP) is 5.42. The molecule has 6 nitrogen and oxygen atoms in total. The highest BCUT2D eigenvalue weighted by Crippen LogP contribution is 2.36. The SMILES string of the molecule is CC(CCl)COc1ccc(C(C)(C)c2ccc(OCC(O)Cn3cc(C[18F])nn3)cc2)cc1Cl. The average molecular weight is 509 g/mol. The average Bonchev–Trinajstić information content (AvgIpc) is 3.29. The lowest BCUT2D eigenvalue weighted by Gasteiger charge is -2.27. The van der Waals surface area contributed by atoms with Gasteiger partial charge in [0.25, 0.3) is 0 Å². The van der Waals surface area contributed by atoms with Gasteiger partial charge in [0.05, 0.1) is 24.4 Å². The zero-order valence-electron chi connectivity index (χ0n) is 19.5. The van der Waals surface area contributed by atoms with Crippen LogP contribution < -0.4 is 9.47 Å². The molecule has 1 N–H and O–H groups in total. The van der Waals surface area contributed by atoms with Gasteiger partial charge in [-0.05, 0) is 35.4 Å². The van der Waals surface area contributed by atoms with Gasteiger partial charge in [-0.3, -0.25) is 0 Å². The summed E-state index contributed by atoms with van der Waals surface area (Å²) >= 11 is 12.3. The molecule has 3 aromatic rings. The van der Waals surface area contributed by atoms with E-state index in [9.17, 15) is 9.50 Å². The molecule has 1 aromatic heterocycles. The van der Waals surface area contributed by atoms with E-state index in [4.69, 9.17) is 32.7 Å². The second-order valence-electron chi connectivity index (χ2n) is 8.90. The van der Waals surface area contributed by atoms with Gasteiger partial charge in [0.15, 0.2) is 0 Å². The highest BCUT2D eigenvalue weighted by molar-refractivity contribution is 6.32. The number of ether oxygens (including phenoxy) is 2. The summed E-state index contributed by atoms with van der Waals surface area (Å²) in [5.41, 5.74) is 2.07. The van der Waals surface area contributed by atoms with Gasteiger partial charge in [-0.15, -0.1) is 16.7 Å². The van der Waals surface area contributed by atoms with Gasteiger partial charge in [0.1, 0.15) is 36.6 Å². The van der Waals surface area contributed by atoms with Crippen molar-refractivity contribution < 1.29 is 19.0 Å². The molecule has 0 aliphatic carbocycles. The summed E-state index contributed by atoms with van der Waals surface area (Å²) in [5, 5.41) is 18.2. The van der Waals surface area contributed by atoms with Crippen LogP contribution >= 0.6 is 23.2 Å². The fourth-order valence-corrected chi connectivity index (χ4v) is 3.69. The zero-order chi connectivity index (χ0) is 24.7. The summed E-state index contributed by atoms with van der Waals surface area (Å²) in [7, 11) is 0. The molecule has 1 heterocycles. The first-order valence-corrected chi connectivity index (χ1v) is 12.0. The van der Waals surface area contributed by atoms with Crippen LogP contribution in [0.1, 0.15) is 37.6 Å². The van der Waals surface area contributed by atoms with Crippen LogP contribution in [0.5, 0.6) is 11.5 Å². The van der Waals surface area contributed by atoms with E-state index in [1.807, 2.05) is 49.4 Å². The molecule has 3 rings (SSSR count). The van der Waals surface area contributed by atoms with Gasteiger partial charge in [-0.25, -0.2) is 9.07 Å². The molecule has 0 amide bonds. The Balaban J connectivity index is 1.59. The molecule has 2 aromatic carbocycles. The van der Waals surface area contributed by atoms with Crippen LogP contribution in [0, 0.1) is 5.92 Å². The number of hydrogen-bond acceptors (Lipinski definition) is 5. The molecule has 184 valence electrons. The lowest BCUT2D eigenvalue weighted by atomic mass is 9.78. The molecule has 0 fully saturated rings.